The van der Waals surface area contributed by atoms with Gasteiger partial charge in [-0.05, 0) is 88.9 Å². The van der Waals surface area contributed by atoms with Crippen molar-refractivity contribution in [1.82, 2.24) is 10.2 Å². The van der Waals surface area contributed by atoms with E-state index in [2.05, 4.69) is 10.2 Å². The van der Waals surface area contributed by atoms with E-state index < -0.39 is 9.84 Å². The molecule has 1 N–H and O–H groups in total. The Morgan fingerprint density at radius 2 is 1.39 bits per heavy atom. The fourth-order valence-corrected chi connectivity index (χ4v) is 9.34. The van der Waals surface area contributed by atoms with E-state index in [-0.39, 0.29) is 29.2 Å². The van der Waals surface area contributed by atoms with Gasteiger partial charge in [-0.15, -0.1) is 0 Å². The molecule has 5 rings (SSSR count). The van der Waals surface area contributed by atoms with E-state index >= 15 is 0 Å². The number of carbonyl (C=O) groups excluding carboxylic acids is 2. The molecule has 0 aromatic carbocycles. The quantitative estimate of drug-likeness (QED) is 0.494. The van der Waals surface area contributed by atoms with Crippen molar-refractivity contribution in [3.63, 3.8) is 0 Å². The average Bonchev–Trinajstić information content (AvgIpc) is 3.65. The van der Waals surface area contributed by atoms with E-state index in [0.717, 1.165) is 64.2 Å². The third-order valence-corrected chi connectivity index (χ3v) is 12.0. The molecule has 4 aliphatic carbocycles. The summed E-state index contributed by atoms with van der Waals surface area (Å²) in [5.74, 6) is 1.59. The highest BCUT2D eigenvalue weighted by atomic mass is 32.2. The fourth-order valence-electron chi connectivity index (χ4n) is 7.09. The molecule has 1 aliphatic heterocycles. The Bertz CT molecular complexity index is 862. The van der Waals surface area contributed by atoms with Gasteiger partial charge >= 0.3 is 0 Å². The second-order valence-corrected chi connectivity index (χ2v) is 14.8. The molecule has 0 aromatic rings. The number of sulfone groups is 1. The Kier molecular flexibility index (Phi) is 8.61. The Hall–Kier alpha value is -1.15. The van der Waals surface area contributed by atoms with E-state index in [0.29, 0.717) is 62.0 Å². The van der Waals surface area contributed by atoms with Crippen LogP contribution in [0, 0.1) is 17.8 Å². The van der Waals surface area contributed by atoms with Crippen LogP contribution in [0.25, 0.3) is 0 Å². The molecule has 0 aromatic heterocycles. The number of ether oxygens (including phenoxy) is 1. The number of amides is 2. The first-order valence-electron chi connectivity index (χ1n) is 14.8. The molecule has 0 bridgehead atoms. The van der Waals surface area contributed by atoms with Crippen LogP contribution in [0.3, 0.4) is 0 Å². The summed E-state index contributed by atoms with van der Waals surface area (Å²) < 4.78 is 30.6. The largest absolute Gasteiger partial charge is 0.377 e. The Morgan fingerprint density at radius 3 is 1.97 bits per heavy atom. The van der Waals surface area contributed by atoms with Gasteiger partial charge in [0.1, 0.15) is 0 Å². The molecule has 7 nitrogen and oxygen atoms in total. The highest BCUT2D eigenvalue weighted by molar-refractivity contribution is 7.92. The SMILES string of the molecule is O=C(CC1CCC(S(=O)(=O)CC2CC2)CC1)NC1CCC(C(=O)N(C2CCCCC2)C2COC2)CC1. The predicted molar refractivity (Wildman–Crippen MR) is 139 cm³/mol. The zero-order valence-corrected chi connectivity index (χ0v) is 22.7. The molecule has 0 unspecified atom stereocenters. The van der Waals surface area contributed by atoms with Crippen molar-refractivity contribution in [2.24, 2.45) is 17.8 Å². The Morgan fingerprint density at radius 1 is 0.750 bits per heavy atom. The van der Waals surface area contributed by atoms with Crippen molar-refractivity contribution in [2.45, 2.75) is 126 Å². The molecule has 0 radical (unpaired) electrons. The van der Waals surface area contributed by atoms with Gasteiger partial charge in [-0.3, -0.25) is 9.59 Å². The molecule has 8 heteroatoms. The molecule has 5 fully saturated rings. The van der Waals surface area contributed by atoms with Crippen LogP contribution in [0.5, 0.6) is 0 Å². The lowest BCUT2D eigenvalue weighted by Gasteiger charge is -2.45. The normalized spacial score (nSPS) is 32.4. The van der Waals surface area contributed by atoms with Crippen molar-refractivity contribution < 1.29 is 22.7 Å². The summed E-state index contributed by atoms with van der Waals surface area (Å²) in [4.78, 5) is 28.5. The van der Waals surface area contributed by atoms with Gasteiger partial charge in [-0.1, -0.05) is 19.3 Å². The third-order valence-electron chi connectivity index (χ3n) is 9.62. The molecule has 0 atom stereocenters. The minimum Gasteiger partial charge on any atom is -0.377 e. The van der Waals surface area contributed by atoms with E-state index in [1.807, 2.05) is 0 Å². The fraction of sp³-hybridized carbons (Fsp3) is 0.929. The maximum Gasteiger partial charge on any atom is 0.226 e. The van der Waals surface area contributed by atoms with Crippen LogP contribution in [-0.4, -0.2) is 67.5 Å². The third kappa shape index (κ3) is 6.64. The molecule has 204 valence electrons. The van der Waals surface area contributed by atoms with Gasteiger partial charge in [0.05, 0.1) is 30.3 Å². The number of nitrogens with zero attached hydrogens (tertiary/aromatic N) is 1. The zero-order valence-electron chi connectivity index (χ0n) is 21.9. The molecule has 1 heterocycles. The van der Waals surface area contributed by atoms with Gasteiger partial charge in [0, 0.05) is 24.4 Å². The lowest BCUT2D eigenvalue weighted by atomic mass is 9.83. The molecule has 0 spiro atoms. The van der Waals surface area contributed by atoms with E-state index in [4.69, 9.17) is 4.74 Å². The maximum absolute atomic E-state index is 13.5. The van der Waals surface area contributed by atoms with Gasteiger partial charge in [-0.2, -0.15) is 0 Å². The first-order valence-corrected chi connectivity index (χ1v) is 16.5. The monoisotopic (exact) mass is 522 g/mol. The van der Waals surface area contributed by atoms with Crippen LogP contribution in [0.4, 0.5) is 0 Å². The number of hydrogen-bond donors (Lipinski definition) is 1. The van der Waals surface area contributed by atoms with Gasteiger partial charge in [0.2, 0.25) is 11.8 Å². The molecular weight excluding hydrogens is 476 g/mol. The number of carbonyl (C=O) groups is 2. The number of hydrogen-bond acceptors (Lipinski definition) is 5. The summed E-state index contributed by atoms with van der Waals surface area (Å²) in [5.41, 5.74) is 0. The van der Waals surface area contributed by atoms with Crippen LogP contribution in [-0.2, 0) is 24.2 Å². The van der Waals surface area contributed by atoms with Gasteiger partial charge in [-0.25, -0.2) is 8.42 Å². The van der Waals surface area contributed by atoms with Gasteiger partial charge in [0.25, 0.3) is 0 Å². The molecule has 4 saturated carbocycles. The molecular formula is C28H46N2O5S. The van der Waals surface area contributed by atoms with Crippen molar-refractivity contribution >= 4 is 21.7 Å². The first-order chi connectivity index (χ1) is 17.4. The summed E-state index contributed by atoms with van der Waals surface area (Å²) in [6, 6.07) is 0.806. The van der Waals surface area contributed by atoms with Crippen molar-refractivity contribution in [3.05, 3.63) is 0 Å². The highest BCUT2D eigenvalue weighted by Crippen LogP contribution is 2.36. The zero-order chi connectivity index (χ0) is 25.1. The minimum absolute atomic E-state index is 0.0774. The van der Waals surface area contributed by atoms with E-state index in [1.165, 1.54) is 19.3 Å². The number of nitrogens with one attached hydrogen (secondary N) is 1. The summed E-state index contributed by atoms with van der Waals surface area (Å²) in [6.07, 6.45) is 15.2. The summed E-state index contributed by atoms with van der Waals surface area (Å²) in [7, 11) is -2.96. The molecule has 2 amide bonds. The van der Waals surface area contributed by atoms with Crippen LogP contribution in [0.1, 0.15) is 103 Å². The molecule has 1 saturated heterocycles. The summed E-state index contributed by atoms with van der Waals surface area (Å²) in [5, 5.41) is 3.05. The second kappa shape index (κ2) is 11.7. The van der Waals surface area contributed by atoms with Gasteiger partial charge in [0.15, 0.2) is 9.84 Å². The second-order valence-electron chi connectivity index (χ2n) is 12.5. The van der Waals surface area contributed by atoms with E-state index in [1.54, 1.807) is 0 Å². The lowest BCUT2D eigenvalue weighted by Crippen LogP contribution is -2.58. The first kappa shape index (κ1) is 26.5. The van der Waals surface area contributed by atoms with Crippen LogP contribution < -0.4 is 5.32 Å². The van der Waals surface area contributed by atoms with Crippen molar-refractivity contribution in [2.75, 3.05) is 19.0 Å². The molecule has 36 heavy (non-hydrogen) atoms. The smallest absolute Gasteiger partial charge is 0.226 e. The highest BCUT2D eigenvalue weighted by Gasteiger charge is 2.40. The Labute approximate surface area is 217 Å². The van der Waals surface area contributed by atoms with Crippen LogP contribution in [0.2, 0.25) is 0 Å². The van der Waals surface area contributed by atoms with Crippen molar-refractivity contribution in [1.29, 1.82) is 0 Å². The van der Waals surface area contributed by atoms with Crippen LogP contribution in [0.15, 0.2) is 0 Å². The standard InChI is InChI=1S/C28H46N2O5S/c31-27(16-20-8-14-26(15-9-20)36(33,34)19-21-6-7-21)29-23-12-10-22(11-13-23)28(32)30(25-17-35-18-25)24-4-2-1-3-5-24/h20-26H,1-19H2,(H,29,31). The molecule has 5 aliphatic rings. The average molecular weight is 523 g/mol. The van der Waals surface area contributed by atoms with E-state index in [9.17, 15) is 18.0 Å². The Balaban J connectivity index is 1.03. The van der Waals surface area contributed by atoms with Crippen LogP contribution >= 0.6 is 0 Å². The topological polar surface area (TPSA) is 92.8 Å². The maximum atomic E-state index is 13.5. The minimum atomic E-state index is -2.96. The van der Waals surface area contributed by atoms with Crippen molar-refractivity contribution in [3.8, 4) is 0 Å². The van der Waals surface area contributed by atoms with Gasteiger partial charge < -0.3 is 15.0 Å². The summed E-state index contributed by atoms with van der Waals surface area (Å²) in [6.45, 7) is 1.37. The lowest BCUT2D eigenvalue weighted by molar-refractivity contribution is -0.156. The number of rotatable bonds is 9. The predicted octanol–water partition coefficient (Wildman–Crippen LogP) is 4.00. The summed E-state index contributed by atoms with van der Waals surface area (Å²) >= 11 is 0.